The predicted octanol–water partition coefficient (Wildman–Crippen LogP) is 2.57. The van der Waals surface area contributed by atoms with Crippen LogP contribution in [-0.2, 0) is 21.3 Å². The molecule has 0 aliphatic carbocycles. The van der Waals surface area contributed by atoms with Crippen molar-refractivity contribution in [1.82, 2.24) is 4.31 Å². The average Bonchev–Trinajstić information content (AvgIpc) is 2.65. The Morgan fingerprint density at radius 1 is 1.15 bits per heavy atom. The number of rotatable bonds is 8. The molecule has 0 aromatic heterocycles. The van der Waals surface area contributed by atoms with Crippen LogP contribution < -0.4 is 5.73 Å². The van der Waals surface area contributed by atoms with Gasteiger partial charge in [0.1, 0.15) is 11.4 Å². The van der Waals surface area contributed by atoms with Crippen LogP contribution in [0.4, 0.5) is 4.39 Å². The lowest BCUT2D eigenvalue weighted by Gasteiger charge is -2.23. The molecule has 0 atom stereocenters. The van der Waals surface area contributed by atoms with Crippen LogP contribution in [0.3, 0.4) is 0 Å². The zero-order valence-electron chi connectivity index (χ0n) is 14.8. The van der Waals surface area contributed by atoms with Crippen molar-refractivity contribution in [3.8, 4) is 0 Å². The van der Waals surface area contributed by atoms with Crippen molar-refractivity contribution >= 4 is 28.4 Å². The van der Waals surface area contributed by atoms with E-state index < -0.39 is 32.3 Å². The Morgan fingerprint density at radius 2 is 1.81 bits per heavy atom. The number of sulfonamides is 1. The summed E-state index contributed by atoms with van der Waals surface area (Å²) in [6.07, 6.45) is 0.426. The molecule has 148 valence electrons. The van der Waals surface area contributed by atoms with Gasteiger partial charge >= 0.3 is 5.97 Å². The van der Waals surface area contributed by atoms with Crippen LogP contribution in [0.15, 0.2) is 53.4 Å². The SMILES string of the molecule is COC(=O)c1c(F)cccc1S(=O)(=O)N(CCCN)Cc1ccccc1.Cl. The van der Waals surface area contributed by atoms with Crippen LogP contribution in [0.2, 0.25) is 0 Å². The number of nitrogens with two attached hydrogens (primary N) is 1. The van der Waals surface area contributed by atoms with E-state index in [0.717, 1.165) is 18.7 Å². The Morgan fingerprint density at radius 3 is 2.41 bits per heavy atom. The number of methoxy groups -OCH3 is 1. The van der Waals surface area contributed by atoms with Crippen molar-refractivity contribution in [2.75, 3.05) is 20.2 Å². The van der Waals surface area contributed by atoms with Crippen LogP contribution in [0.25, 0.3) is 0 Å². The van der Waals surface area contributed by atoms with E-state index in [1.165, 1.54) is 16.4 Å². The molecule has 0 aliphatic heterocycles. The molecule has 0 saturated heterocycles. The number of carbonyl (C=O) groups excluding carboxylic acids is 1. The van der Waals surface area contributed by atoms with E-state index in [4.69, 9.17) is 5.73 Å². The molecule has 27 heavy (non-hydrogen) atoms. The molecule has 0 radical (unpaired) electrons. The summed E-state index contributed by atoms with van der Waals surface area (Å²) in [5, 5.41) is 0. The fourth-order valence-corrected chi connectivity index (χ4v) is 4.15. The largest absolute Gasteiger partial charge is 0.465 e. The van der Waals surface area contributed by atoms with Gasteiger partial charge in [0.2, 0.25) is 10.0 Å². The molecule has 2 aromatic carbocycles. The molecule has 0 spiro atoms. The van der Waals surface area contributed by atoms with Crippen molar-refractivity contribution in [3.05, 3.63) is 65.5 Å². The molecule has 0 heterocycles. The first-order valence-electron chi connectivity index (χ1n) is 8.02. The molecular weight excluding hydrogens is 395 g/mol. The second-order valence-corrected chi connectivity index (χ2v) is 7.48. The van der Waals surface area contributed by atoms with Gasteiger partial charge in [-0.2, -0.15) is 4.31 Å². The number of esters is 1. The minimum atomic E-state index is -4.14. The van der Waals surface area contributed by atoms with Gasteiger partial charge in [-0.05, 0) is 30.7 Å². The summed E-state index contributed by atoms with van der Waals surface area (Å²) in [5.41, 5.74) is 5.69. The van der Waals surface area contributed by atoms with Gasteiger partial charge in [-0.3, -0.25) is 0 Å². The number of hydrogen-bond donors (Lipinski definition) is 1. The summed E-state index contributed by atoms with van der Waals surface area (Å²) in [7, 11) is -3.07. The van der Waals surface area contributed by atoms with Gasteiger partial charge in [-0.1, -0.05) is 36.4 Å². The predicted molar refractivity (Wildman–Crippen MR) is 103 cm³/mol. The first-order valence-corrected chi connectivity index (χ1v) is 9.46. The number of hydrogen-bond acceptors (Lipinski definition) is 5. The lowest BCUT2D eigenvalue weighted by Crippen LogP contribution is -2.34. The highest BCUT2D eigenvalue weighted by Crippen LogP contribution is 2.25. The molecule has 0 unspecified atom stereocenters. The van der Waals surface area contributed by atoms with Crippen LogP contribution in [0, 0.1) is 5.82 Å². The fourth-order valence-electron chi connectivity index (χ4n) is 2.50. The monoisotopic (exact) mass is 416 g/mol. The first kappa shape index (κ1) is 23.0. The van der Waals surface area contributed by atoms with Crippen molar-refractivity contribution in [2.24, 2.45) is 5.73 Å². The molecule has 2 aromatic rings. The van der Waals surface area contributed by atoms with E-state index in [-0.39, 0.29) is 25.5 Å². The fraction of sp³-hybridized carbons (Fsp3) is 0.278. The van der Waals surface area contributed by atoms with Crippen LogP contribution in [-0.4, -0.2) is 38.9 Å². The summed E-state index contributed by atoms with van der Waals surface area (Å²) in [5.74, 6) is -1.99. The average molecular weight is 417 g/mol. The minimum Gasteiger partial charge on any atom is -0.465 e. The van der Waals surface area contributed by atoms with Gasteiger partial charge in [0.15, 0.2) is 0 Å². The number of halogens is 2. The molecule has 0 aliphatic rings. The van der Waals surface area contributed by atoms with Gasteiger partial charge < -0.3 is 10.5 Å². The standard InChI is InChI=1S/C18H21FN2O4S.ClH/c1-25-18(22)17-15(19)9-5-10-16(17)26(23,24)21(12-6-11-20)13-14-7-3-2-4-8-14;/h2-5,7-10H,6,11-13,20H2,1H3;1H. The summed E-state index contributed by atoms with van der Waals surface area (Å²) in [6, 6.07) is 12.5. The van der Waals surface area contributed by atoms with Gasteiger partial charge in [0.25, 0.3) is 0 Å². The van der Waals surface area contributed by atoms with Crippen molar-refractivity contribution in [1.29, 1.82) is 0 Å². The number of ether oxygens (including phenoxy) is 1. The second-order valence-electron chi connectivity index (χ2n) is 5.57. The highest BCUT2D eigenvalue weighted by Gasteiger charge is 2.31. The highest BCUT2D eigenvalue weighted by atomic mass is 35.5. The van der Waals surface area contributed by atoms with E-state index >= 15 is 0 Å². The van der Waals surface area contributed by atoms with E-state index in [2.05, 4.69) is 4.74 Å². The Labute approximate surface area is 164 Å². The Kier molecular flexibility index (Phi) is 8.84. The lowest BCUT2D eigenvalue weighted by molar-refractivity contribution is 0.0590. The van der Waals surface area contributed by atoms with Crippen molar-refractivity contribution in [3.63, 3.8) is 0 Å². The van der Waals surface area contributed by atoms with Gasteiger partial charge in [0, 0.05) is 13.1 Å². The van der Waals surface area contributed by atoms with E-state index in [9.17, 15) is 17.6 Å². The second kappa shape index (κ2) is 10.4. The minimum absolute atomic E-state index is 0. The molecule has 0 bridgehead atoms. The maximum absolute atomic E-state index is 14.2. The van der Waals surface area contributed by atoms with E-state index in [1.807, 2.05) is 6.07 Å². The van der Waals surface area contributed by atoms with Gasteiger partial charge in [-0.25, -0.2) is 17.6 Å². The zero-order valence-corrected chi connectivity index (χ0v) is 16.4. The molecule has 9 heteroatoms. The summed E-state index contributed by atoms with van der Waals surface area (Å²) >= 11 is 0. The molecule has 0 fully saturated rings. The van der Waals surface area contributed by atoms with E-state index in [0.29, 0.717) is 13.0 Å². The van der Waals surface area contributed by atoms with Crippen molar-refractivity contribution in [2.45, 2.75) is 17.9 Å². The third-order valence-electron chi connectivity index (χ3n) is 3.80. The van der Waals surface area contributed by atoms with Crippen molar-refractivity contribution < 1.29 is 22.3 Å². The molecule has 0 saturated carbocycles. The van der Waals surface area contributed by atoms with Gasteiger partial charge in [-0.15, -0.1) is 12.4 Å². The highest BCUT2D eigenvalue weighted by molar-refractivity contribution is 7.89. The first-order chi connectivity index (χ1) is 12.4. The molecule has 6 nitrogen and oxygen atoms in total. The smallest absolute Gasteiger partial charge is 0.342 e. The third-order valence-corrected chi connectivity index (χ3v) is 5.68. The molecule has 2 rings (SSSR count). The summed E-state index contributed by atoms with van der Waals surface area (Å²) in [6.45, 7) is 0.527. The number of benzene rings is 2. The Hall–Kier alpha value is -2.00. The zero-order chi connectivity index (χ0) is 19.2. The maximum Gasteiger partial charge on any atom is 0.342 e. The normalized spacial score (nSPS) is 11.1. The number of carbonyl (C=O) groups is 1. The Balaban J connectivity index is 0.00000364. The van der Waals surface area contributed by atoms with Crippen LogP contribution >= 0.6 is 12.4 Å². The maximum atomic E-state index is 14.2. The number of nitrogens with zero attached hydrogens (tertiary/aromatic N) is 1. The quantitative estimate of drug-likeness (QED) is 0.668. The Bertz CT molecular complexity index is 863. The topological polar surface area (TPSA) is 89.7 Å². The molecule has 0 amide bonds. The van der Waals surface area contributed by atoms with Crippen LogP contribution in [0.1, 0.15) is 22.3 Å². The van der Waals surface area contributed by atoms with Crippen LogP contribution in [0.5, 0.6) is 0 Å². The third kappa shape index (κ3) is 5.49. The summed E-state index contributed by atoms with van der Waals surface area (Å²) in [4.78, 5) is 11.5. The molecular formula is C18H22ClFN2O4S. The lowest BCUT2D eigenvalue weighted by atomic mass is 10.2. The molecule has 2 N–H and O–H groups in total. The van der Waals surface area contributed by atoms with E-state index in [1.54, 1.807) is 24.3 Å². The van der Waals surface area contributed by atoms with Gasteiger partial charge in [0.05, 0.1) is 12.0 Å². The summed E-state index contributed by atoms with van der Waals surface area (Å²) < 4.78 is 46.2.